The Kier molecular flexibility index (Phi) is 5.19. The first-order chi connectivity index (χ1) is 7.34. The molecule has 1 aromatic rings. The molecule has 1 aromatic carbocycles. The first-order valence-electron chi connectivity index (χ1n) is 5.66. The molecule has 1 aliphatic heterocycles. The Morgan fingerprint density at radius 3 is 2.40 bits per heavy atom. The standard InChI is InChI=1S/C11H14O2.C2H6/c1-9-2-4-10(5-3-9)13-11-6-7-12-8-11;1-2/h2-5,11H,6-8H2,1H3;1-2H3. The molecule has 0 saturated carbocycles. The van der Waals surface area contributed by atoms with E-state index in [4.69, 9.17) is 9.47 Å². The Hall–Kier alpha value is -1.02. The van der Waals surface area contributed by atoms with Gasteiger partial charge in [0.25, 0.3) is 0 Å². The molecule has 1 atom stereocenters. The lowest BCUT2D eigenvalue weighted by Crippen LogP contribution is -2.15. The van der Waals surface area contributed by atoms with Crippen LogP contribution in [0.5, 0.6) is 5.75 Å². The maximum Gasteiger partial charge on any atom is 0.124 e. The largest absolute Gasteiger partial charge is 0.488 e. The first kappa shape index (κ1) is 12.1. The summed E-state index contributed by atoms with van der Waals surface area (Å²) in [6.45, 7) is 7.63. The molecular weight excluding hydrogens is 188 g/mol. The van der Waals surface area contributed by atoms with Gasteiger partial charge in [-0.3, -0.25) is 0 Å². The first-order valence-corrected chi connectivity index (χ1v) is 5.66. The molecule has 2 heteroatoms. The van der Waals surface area contributed by atoms with Gasteiger partial charge in [0.2, 0.25) is 0 Å². The van der Waals surface area contributed by atoms with Crippen molar-refractivity contribution >= 4 is 0 Å². The summed E-state index contributed by atoms with van der Waals surface area (Å²) in [6, 6.07) is 8.14. The predicted octanol–water partition coefficient (Wildman–Crippen LogP) is 3.19. The zero-order valence-electron chi connectivity index (χ0n) is 9.82. The van der Waals surface area contributed by atoms with Crippen molar-refractivity contribution in [2.75, 3.05) is 13.2 Å². The van der Waals surface area contributed by atoms with Gasteiger partial charge in [0.1, 0.15) is 11.9 Å². The molecule has 0 radical (unpaired) electrons. The molecule has 15 heavy (non-hydrogen) atoms. The smallest absolute Gasteiger partial charge is 0.124 e. The van der Waals surface area contributed by atoms with Gasteiger partial charge in [-0.05, 0) is 19.1 Å². The third kappa shape index (κ3) is 3.92. The molecule has 0 aromatic heterocycles. The van der Waals surface area contributed by atoms with Crippen molar-refractivity contribution in [2.45, 2.75) is 33.3 Å². The second kappa shape index (κ2) is 6.46. The molecule has 1 unspecified atom stereocenters. The van der Waals surface area contributed by atoms with E-state index in [-0.39, 0.29) is 6.10 Å². The van der Waals surface area contributed by atoms with E-state index < -0.39 is 0 Å². The lowest BCUT2D eigenvalue weighted by molar-refractivity contribution is 0.141. The molecule has 0 N–H and O–H groups in total. The highest BCUT2D eigenvalue weighted by molar-refractivity contribution is 5.26. The van der Waals surface area contributed by atoms with Crippen LogP contribution < -0.4 is 4.74 Å². The highest BCUT2D eigenvalue weighted by Crippen LogP contribution is 2.16. The Labute approximate surface area is 92.2 Å². The summed E-state index contributed by atoms with van der Waals surface area (Å²) in [7, 11) is 0. The SMILES string of the molecule is CC.Cc1ccc(OC2CCOC2)cc1. The minimum atomic E-state index is 0.253. The van der Waals surface area contributed by atoms with Crippen LogP contribution in [0.1, 0.15) is 25.8 Å². The number of rotatable bonds is 2. The minimum Gasteiger partial charge on any atom is -0.488 e. The molecule has 2 nitrogen and oxygen atoms in total. The third-order valence-corrected chi connectivity index (χ3v) is 2.21. The van der Waals surface area contributed by atoms with Crippen LogP contribution in [-0.2, 0) is 4.74 Å². The van der Waals surface area contributed by atoms with E-state index in [1.807, 2.05) is 26.0 Å². The molecule has 1 aliphatic rings. The van der Waals surface area contributed by atoms with E-state index in [2.05, 4.69) is 19.1 Å². The lowest BCUT2D eigenvalue weighted by Gasteiger charge is -2.11. The molecule has 2 rings (SSSR count). The fourth-order valence-corrected chi connectivity index (χ4v) is 1.42. The quantitative estimate of drug-likeness (QED) is 0.743. The van der Waals surface area contributed by atoms with Crippen LogP contribution >= 0.6 is 0 Å². The highest BCUT2D eigenvalue weighted by Gasteiger charge is 2.16. The van der Waals surface area contributed by atoms with Gasteiger partial charge < -0.3 is 9.47 Å². The van der Waals surface area contributed by atoms with Crippen molar-refractivity contribution < 1.29 is 9.47 Å². The Balaban J connectivity index is 0.000000531. The highest BCUT2D eigenvalue weighted by atomic mass is 16.5. The van der Waals surface area contributed by atoms with E-state index in [9.17, 15) is 0 Å². The van der Waals surface area contributed by atoms with Crippen LogP contribution in [-0.4, -0.2) is 19.3 Å². The van der Waals surface area contributed by atoms with Gasteiger partial charge in [-0.15, -0.1) is 0 Å². The lowest BCUT2D eigenvalue weighted by atomic mass is 10.2. The monoisotopic (exact) mass is 208 g/mol. The van der Waals surface area contributed by atoms with Crippen LogP contribution in [0.4, 0.5) is 0 Å². The molecule has 1 fully saturated rings. The number of hydrogen-bond acceptors (Lipinski definition) is 2. The van der Waals surface area contributed by atoms with Gasteiger partial charge in [0.15, 0.2) is 0 Å². The normalized spacial score (nSPS) is 19.3. The molecule has 0 spiro atoms. The zero-order valence-corrected chi connectivity index (χ0v) is 9.82. The summed E-state index contributed by atoms with van der Waals surface area (Å²) in [4.78, 5) is 0. The second-order valence-electron chi connectivity index (χ2n) is 3.42. The Morgan fingerprint density at radius 2 is 1.87 bits per heavy atom. The minimum absolute atomic E-state index is 0.253. The van der Waals surface area contributed by atoms with Crippen molar-refractivity contribution in [3.05, 3.63) is 29.8 Å². The average Bonchev–Trinajstić information content (AvgIpc) is 2.77. The van der Waals surface area contributed by atoms with Crippen molar-refractivity contribution in [1.82, 2.24) is 0 Å². The van der Waals surface area contributed by atoms with E-state index in [0.717, 1.165) is 25.4 Å². The van der Waals surface area contributed by atoms with Crippen LogP contribution in [0.15, 0.2) is 24.3 Å². The van der Waals surface area contributed by atoms with Crippen LogP contribution in [0.25, 0.3) is 0 Å². The van der Waals surface area contributed by atoms with Crippen LogP contribution in [0, 0.1) is 6.92 Å². The van der Waals surface area contributed by atoms with Gasteiger partial charge in [-0.1, -0.05) is 31.5 Å². The average molecular weight is 208 g/mol. The molecule has 0 aliphatic carbocycles. The number of hydrogen-bond donors (Lipinski definition) is 0. The number of benzene rings is 1. The van der Waals surface area contributed by atoms with Crippen molar-refractivity contribution in [3.63, 3.8) is 0 Å². The summed E-state index contributed by atoms with van der Waals surface area (Å²) in [5, 5.41) is 0. The van der Waals surface area contributed by atoms with Gasteiger partial charge in [0, 0.05) is 6.42 Å². The molecule has 0 amide bonds. The summed E-state index contributed by atoms with van der Waals surface area (Å²) < 4.78 is 10.9. The van der Waals surface area contributed by atoms with Gasteiger partial charge in [0.05, 0.1) is 13.2 Å². The molecule has 84 valence electrons. The van der Waals surface area contributed by atoms with Gasteiger partial charge in [-0.2, -0.15) is 0 Å². The summed E-state index contributed by atoms with van der Waals surface area (Å²) in [5.41, 5.74) is 1.26. The van der Waals surface area contributed by atoms with Gasteiger partial charge >= 0.3 is 0 Å². The summed E-state index contributed by atoms with van der Waals surface area (Å²) in [5.74, 6) is 0.945. The van der Waals surface area contributed by atoms with Crippen molar-refractivity contribution in [2.24, 2.45) is 0 Å². The van der Waals surface area contributed by atoms with Crippen LogP contribution in [0.3, 0.4) is 0 Å². The number of ether oxygens (including phenoxy) is 2. The van der Waals surface area contributed by atoms with E-state index >= 15 is 0 Å². The third-order valence-electron chi connectivity index (χ3n) is 2.21. The Bertz CT molecular complexity index is 260. The summed E-state index contributed by atoms with van der Waals surface area (Å²) >= 11 is 0. The molecule has 1 saturated heterocycles. The topological polar surface area (TPSA) is 18.5 Å². The van der Waals surface area contributed by atoms with E-state index in [0.29, 0.717) is 0 Å². The maximum atomic E-state index is 5.71. The molecular formula is C13H20O2. The fourth-order valence-electron chi connectivity index (χ4n) is 1.42. The fraction of sp³-hybridized carbons (Fsp3) is 0.538. The van der Waals surface area contributed by atoms with Crippen molar-refractivity contribution in [1.29, 1.82) is 0 Å². The zero-order chi connectivity index (χ0) is 11.1. The Morgan fingerprint density at radius 1 is 1.20 bits per heavy atom. The molecule has 0 bridgehead atoms. The second-order valence-corrected chi connectivity index (χ2v) is 3.42. The van der Waals surface area contributed by atoms with E-state index in [1.54, 1.807) is 0 Å². The summed E-state index contributed by atoms with van der Waals surface area (Å²) in [6.07, 6.45) is 1.26. The van der Waals surface area contributed by atoms with Gasteiger partial charge in [-0.25, -0.2) is 0 Å². The maximum absolute atomic E-state index is 5.71. The number of aryl methyl sites for hydroxylation is 1. The van der Waals surface area contributed by atoms with Crippen molar-refractivity contribution in [3.8, 4) is 5.75 Å². The predicted molar refractivity (Wildman–Crippen MR) is 62.4 cm³/mol. The van der Waals surface area contributed by atoms with E-state index in [1.165, 1.54) is 5.56 Å². The van der Waals surface area contributed by atoms with Crippen LogP contribution in [0.2, 0.25) is 0 Å². The molecule has 1 heterocycles.